The standard InChI is InChI=1S/C15H14N2O2S/c1-10(18)17-14(12-4-2-3-5-15(12)19)8-13(16-17)11-6-7-20-9-11/h2-7,9,14,19H,8H2,1H3/t14-/m0/s1. The summed E-state index contributed by atoms with van der Waals surface area (Å²) in [6.07, 6.45) is 0.619. The number of hydrogen-bond acceptors (Lipinski definition) is 4. The predicted molar refractivity (Wildman–Crippen MR) is 78.8 cm³/mol. The van der Waals surface area contributed by atoms with Crippen molar-refractivity contribution in [2.45, 2.75) is 19.4 Å². The van der Waals surface area contributed by atoms with Gasteiger partial charge in [-0.25, -0.2) is 5.01 Å². The first-order chi connectivity index (χ1) is 9.66. The number of hydrazone groups is 1. The number of nitrogens with zero attached hydrogens (tertiary/aromatic N) is 2. The monoisotopic (exact) mass is 286 g/mol. The van der Waals surface area contributed by atoms with Gasteiger partial charge in [0.15, 0.2) is 0 Å². The molecule has 3 rings (SSSR count). The van der Waals surface area contributed by atoms with Crippen LogP contribution < -0.4 is 0 Å². The van der Waals surface area contributed by atoms with E-state index in [1.807, 2.05) is 29.0 Å². The Morgan fingerprint density at radius 1 is 1.40 bits per heavy atom. The van der Waals surface area contributed by atoms with Crippen LogP contribution in [0.25, 0.3) is 0 Å². The number of amides is 1. The summed E-state index contributed by atoms with van der Waals surface area (Å²) in [5, 5.41) is 19.9. The first-order valence-corrected chi connectivity index (χ1v) is 7.29. The molecule has 102 valence electrons. The van der Waals surface area contributed by atoms with E-state index in [0.29, 0.717) is 6.42 Å². The molecular formula is C15H14N2O2S. The lowest BCUT2D eigenvalue weighted by molar-refractivity contribution is -0.130. The molecular weight excluding hydrogens is 272 g/mol. The molecule has 0 bridgehead atoms. The third-order valence-corrected chi connectivity index (χ3v) is 4.07. The Morgan fingerprint density at radius 3 is 2.85 bits per heavy atom. The van der Waals surface area contributed by atoms with E-state index in [4.69, 9.17) is 0 Å². The molecule has 0 fully saturated rings. The zero-order valence-electron chi connectivity index (χ0n) is 11.0. The van der Waals surface area contributed by atoms with Crippen LogP contribution in [0.1, 0.15) is 30.5 Å². The van der Waals surface area contributed by atoms with Crippen LogP contribution in [0.5, 0.6) is 5.75 Å². The molecule has 0 radical (unpaired) electrons. The first-order valence-electron chi connectivity index (χ1n) is 6.34. The van der Waals surface area contributed by atoms with Crippen molar-refractivity contribution in [2.75, 3.05) is 0 Å². The molecule has 0 saturated heterocycles. The first kappa shape index (κ1) is 12.9. The molecule has 0 aliphatic carbocycles. The van der Waals surface area contributed by atoms with Crippen molar-refractivity contribution in [3.63, 3.8) is 0 Å². The van der Waals surface area contributed by atoms with E-state index in [2.05, 4.69) is 5.10 Å². The summed E-state index contributed by atoms with van der Waals surface area (Å²) in [5.74, 6) is 0.0778. The maximum absolute atomic E-state index is 11.8. The van der Waals surface area contributed by atoms with Crippen molar-refractivity contribution in [1.29, 1.82) is 0 Å². The fourth-order valence-electron chi connectivity index (χ4n) is 2.42. The van der Waals surface area contributed by atoms with Gasteiger partial charge in [-0.2, -0.15) is 16.4 Å². The average Bonchev–Trinajstić information content (AvgIpc) is 3.08. The fraction of sp³-hybridized carbons (Fsp3) is 0.200. The molecule has 1 aromatic heterocycles. The Kier molecular flexibility index (Phi) is 3.28. The Balaban J connectivity index is 1.98. The normalized spacial score (nSPS) is 18.1. The number of thiophene rings is 1. The molecule has 1 amide bonds. The van der Waals surface area contributed by atoms with Crippen molar-refractivity contribution >= 4 is 23.0 Å². The average molecular weight is 286 g/mol. The van der Waals surface area contributed by atoms with Crippen LogP contribution in [0.2, 0.25) is 0 Å². The maximum atomic E-state index is 11.8. The highest BCUT2D eigenvalue weighted by molar-refractivity contribution is 7.08. The Morgan fingerprint density at radius 2 is 2.20 bits per heavy atom. The molecule has 1 atom stereocenters. The summed E-state index contributed by atoms with van der Waals surface area (Å²) in [7, 11) is 0. The van der Waals surface area contributed by atoms with Gasteiger partial charge in [-0.3, -0.25) is 4.79 Å². The summed E-state index contributed by atoms with van der Waals surface area (Å²) in [4.78, 5) is 11.8. The lowest BCUT2D eigenvalue weighted by atomic mass is 9.99. The van der Waals surface area contributed by atoms with Crippen LogP contribution in [0, 0.1) is 0 Å². The van der Waals surface area contributed by atoms with Gasteiger partial charge in [-0.05, 0) is 22.9 Å². The number of rotatable bonds is 2. The van der Waals surface area contributed by atoms with E-state index in [0.717, 1.165) is 16.8 Å². The van der Waals surface area contributed by atoms with Crippen LogP contribution in [0.15, 0.2) is 46.2 Å². The van der Waals surface area contributed by atoms with E-state index in [-0.39, 0.29) is 17.7 Å². The minimum atomic E-state index is -0.233. The molecule has 0 saturated carbocycles. The van der Waals surface area contributed by atoms with Gasteiger partial charge in [0.05, 0.1) is 11.8 Å². The smallest absolute Gasteiger partial charge is 0.240 e. The second-order valence-electron chi connectivity index (χ2n) is 4.70. The molecule has 2 heterocycles. The number of aromatic hydroxyl groups is 1. The van der Waals surface area contributed by atoms with Gasteiger partial charge in [-0.15, -0.1) is 0 Å². The Bertz CT molecular complexity index is 664. The summed E-state index contributed by atoms with van der Waals surface area (Å²) in [6.45, 7) is 1.49. The van der Waals surface area contributed by atoms with Crippen LogP contribution in [0.3, 0.4) is 0 Å². The molecule has 0 unspecified atom stereocenters. The molecule has 1 aliphatic rings. The van der Waals surface area contributed by atoms with Gasteiger partial charge in [0.2, 0.25) is 5.91 Å². The minimum Gasteiger partial charge on any atom is -0.508 e. The number of carbonyl (C=O) groups is 1. The van der Waals surface area contributed by atoms with Crippen LogP contribution in [-0.4, -0.2) is 21.7 Å². The quantitative estimate of drug-likeness (QED) is 0.922. The minimum absolute atomic E-state index is 0.122. The fourth-order valence-corrected chi connectivity index (χ4v) is 3.08. The van der Waals surface area contributed by atoms with Crippen LogP contribution >= 0.6 is 11.3 Å². The molecule has 1 aromatic carbocycles. The number of carbonyl (C=O) groups excluding carboxylic acids is 1. The van der Waals surface area contributed by atoms with Gasteiger partial charge in [-0.1, -0.05) is 18.2 Å². The van der Waals surface area contributed by atoms with Crippen molar-refractivity contribution in [1.82, 2.24) is 5.01 Å². The van der Waals surface area contributed by atoms with E-state index in [1.165, 1.54) is 11.9 Å². The summed E-state index contributed by atoms with van der Waals surface area (Å²) >= 11 is 1.60. The summed E-state index contributed by atoms with van der Waals surface area (Å²) in [5.41, 5.74) is 2.66. The lowest BCUT2D eigenvalue weighted by Crippen LogP contribution is -2.24. The van der Waals surface area contributed by atoms with Crippen molar-refractivity contribution in [2.24, 2.45) is 5.10 Å². The third kappa shape index (κ3) is 2.20. The van der Waals surface area contributed by atoms with Crippen LogP contribution in [0.4, 0.5) is 0 Å². The zero-order valence-corrected chi connectivity index (χ0v) is 11.8. The van der Waals surface area contributed by atoms with Crippen molar-refractivity contribution in [3.8, 4) is 5.75 Å². The SMILES string of the molecule is CC(=O)N1N=C(c2ccsc2)C[C@H]1c1ccccc1O. The highest BCUT2D eigenvalue weighted by Crippen LogP contribution is 2.36. The number of phenolic OH excluding ortho intramolecular Hbond substituents is 1. The van der Waals surface area contributed by atoms with Gasteiger partial charge in [0.25, 0.3) is 0 Å². The van der Waals surface area contributed by atoms with Gasteiger partial charge >= 0.3 is 0 Å². The Hall–Kier alpha value is -2.14. The molecule has 5 heteroatoms. The van der Waals surface area contributed by atoms with E-state index in [1.54, 1.807) is 23.5 Å². The number of phenols is 1. The largest absolute Gasteiger partial charge is 0.508 e. The molecule has 4 nitrogen and oxygen atoms in total. The second-order valence-corrected chi connectivity index (χ2v) is 5.48. The highest BCUT2D eigenvalue weighted by Gasteiger charge is 2.32. The molecule has 20 heavy (non-hydrogen) atoms. The van der Waals surface area contributed by atoms with Gasteiger partial charge in [0.1, 0.15) is 5.75 Å². The van der Waals surface area contributed by atoms with Crippen LogP contribution in [-0.2, 0) is 4.79 Å². The van der Waals surface area contributed by atoms with Gasteiger partial charge < -0.3 is 5.11 Å². The molecule has 1 aliphatic heterocycles. The highest BCUT2D eigenvalue weighted by atomic mass is 32.1. The summed E-state index contributed by atoms with van der Waals surface area (Å²) < 4.78 is 0. The topological polar surface area (TPSA) is 52.9 Å². The second kappa shape index (κ2) is 5.09. The molecule has 0 spiro atoms. The number of hydrogen-bond donors (Lipinski definition) is 1. The van der Waals surface area contributed by atoms with Crippen molar-refractivity contribution in [3.05, 3.63) is 52.2 Å². The number of benzene rings is 1. The Labute approximate surface area is 121 Å². The van der Waals surface area contributed by atoms with E-state index >= 15 is 0 Å². The maximum Gasteiger partial charge on any atom is 0.240 e. The van der Waals surface area contributed by atoms with E-state index < -0.39 is 0 Å². The van der Waals surface area contributed by atoms with Crippen molar-refractivity contribution < 1.29 is 9.90 Å². The zero-order chi connectivity index (χ0) is 14.1. The van der Waals surface area contributed by atoms with Gasteiger partial charge in [0, 0.05) is 24.5 Å². The number of para-hydroxylation sites is 1. The predicted octanol–water partition coefficient (Wildman–Crippen LogP) is 3.15. The molecule has 2 aromatic rings. The van der Waals surface area contributed by atoms with E-state index in [9.17, 15) is 9.90 Å². The molecule has 1 N–H and O–H groups in total. The summed E-state index contributed by atoms with van der Waals surface area (Å²) in [6, 6.07) is 8.86. The third-order valence-electron chi connectivity index (χ3n) is 3.38. The lowest BCUT2D eigenvalue weighted by Gasteiger charge is -2.21.